The maximum atomic E-state index is 12.4. The summed E-state index contributed by atoms with van der Waals surface area (Å²) in [6, 6.07) is 8.92. The maximum Gasteiger partial charge on any atom is 0.271 e. The molecule has 25 heavy (non-hydrogen) atoms. The molecule has 2 aromatic carbocycles. The fraction of sp³-hybridized carbons (Fsp3) is 0.0556. The number of halogens is 1. The van der Waals surface area contributed by atoms with Crippen molar-refractivity contribution >= 4 is 34.7 Å². The van der Waals surface area contributed by atoms with E-state index in [1.165, 1.54) is 36.7 Å². The van der Waals surface area contributed by atoms with Gasteiger partial charge in [0.15, 0.2) is 0 Å². The minimum absolute atomic E-state index is 0.0581. The van der Waals surface area contributed by atoms with Gasteiger partial charge in [-0.05, 0) is 48.9 Å². The Balaban J connectivity index is 1.83. The Bertz CT molecular complexity index is 1040. The fourth-order valence-electron chi connectivity index (χ4n) is 2.19. The number of rotatable bonds is 3. The standard InChI is InChI=1S/C18H13ClN2O4/c1-10-6-16-14(7-15(10)19)17(23)12(9-25-16)8-20-21-18(24)11-2-4-13(22)5-3-11/h2-9,22H,1H3,(H,21,24)/b20-8+. The van der Waals surface area contributed by atoms with E-state index < -0.39 is 5.91 Å². The molecule has 0 saturated heterocycles. The highest BCUT2D eigenvalue weighted by Gasteiger charge is 2.09. The van der Waals surface area contributed by atoms with Crippen LogP contribution in [0.15, 0.2) is 57.0 Å². The zero-order valence-corrected chi connectivity index (χ0v) is 13.9. The average molecular weight is 357 g/mol. The lowest BCUT2D eigenvalue weighted by atomic mass is 10.1. The summed E-state index contributed by atoms with van der Waals surface area (Å²) < 4.78 is 5.42. The predicted molar refractivity (Wildman–Crippen MR) is 95.4 cm³/mol. The SMILES string of the molecule is Cc1cc2occ(/C=N/NC(=O)c3ccc(O)cc3)c(=O)c2cc1Cl. The van der Waals surface area contributed by atoms with Gasteiger partial charge < -0.3 is 9.52 Å². The molecule has 0 spiro atoms. The molecule has 0 unspecified atom stereocenters. The van der Waals surface area contributed by atoms with E-state index in [2.05, 4.69) is 10.5 Å². The predicted octanol–water partition coefficient (Wildman–Crippen LogP) is 3.22. The van der Waals surface area contributed by atoms with Crippen LogP contribution < -0.4 is 10.9 Å². The Morgan fingerprint density at radius 3 is 2.72 bits per heavy atom. The van der Waals surface area contributed by atoms with Crippen LogP contribution >= 0.6 is 11.6 Å². The second-order valence-corrected chi connectivity index (χ2v) is 5.77. The van der Waals surface area contributed by atoms with Crippen LogP contribution in [0.4, 0.5) is 0 Å². The molecule has 0 aliphatic carbocycles. The van der Waals surface area contributed by atoms with Crippen LogP contribution in [0.3, 0.4) is 0 Å². The highest BCUT2D eigenvalue weighted by atomic mass is 35.5. The van der Waals surface area contributed by atoms with E-state index in [9.17, 15) is 14.7 Å². The summed E-state index contributed by atoms with van der Waals surface area (Å²) in [6.07, 6.45) is 2.48. The van der Waals surface area contributed by atoms with Crippen LogP contribution in [0.25, 0.3) is 11.0 Å². The minimum Gasteiger partial charge on any atom is -0.508 e. The summed E-state index contributed by atoms with van der Waals surface area (Å²) in [4.78, 5) is 24.3. The first-order valence-corrected chi connectivity index (χ1v) is 7.67. The van der Waals surface area contributed by atoms with Crippen molar-refractivity contribution in [3.8, 4) is 5.75 Å². The van der Waals surface area contributed by atoms with Crippen molar-refractivity contribution in [2.24, 2.45) is 5.10 Å². The van der Waals surface area contributed by atoms with Gasteiger partial charge in [-0.25, -0.2) is 5.43 Å². The smallest absolute Gasteiger partial charge is 0.271 e. The molecule has 1 amide bonds. The van der Waals surface area contributed by atoms with Gasteiger partial charge in [0.25, 0.3) is 5.91 Å². The van der Waals surface area contributed by atoms with Crippen molar-refractivity contribution in [2.45, 2.75) is 6.92 Å². The molecule has 0 aliphatic rings. The van der Waals surface area contributed by atoms with E-state index in [1.54, 1.807) is 12.1 Å². The molecule has 3 aromatic rings. The van der Waals surface area contributed by atoms with E-state index in [4.69, 9.17) is 16.0 Å². The van der Waals surface area contributed by atoms with Gasteiger partial charge in [0.05, 0.1) is 17.2 Å². The van der Waals surface area contributed by atoms with Gasteiger partial charge in [-0.1, -0.05) is 11.6 Å². The molecule has 0 saturated carbocycles. The van der Waals surface area contributed by atoms with E-state index in [0.717, 1.165) is 5.56 Å². The van der Waals surface area contributed by atoms with Crippen molar-refractivity contribution in [3.05, 3.63) is 74.6 Å². The molecule has 0 aliphatic heterocycles. The van der Waals surface area contributed by atoms with Gasteiger partial charge in [0.1, 0.15) is 17.6 Å². The third kappa shape index (κ3) is 3.54. The van der Waals surface area contributed by atoms with Crippen LogP contribution in [0.1, 0.15) is 21.5 Å². The molecule has 2 N–H and O–H groups in total. The topological polar surface area (TPSA) is 91.9 Å². The molecular weight excluding hydrogens is 344 g/mol. The van der Waals surface area contributed by atoms with Crippen LogP contribution in [-0.4, -0.2) is 17.2 Å². The number of benzene rings is 2. The number of amides is 1. The van der Waals surface area contributed by atoms with Crippen molar-refractivity contribution in [3.63, 3.8) is 0 Å². The zero-order chi connectivity index (χ0) is 18.0. The number of carbonyl (C=O) groups excluding carboxylic acids is 1. The molecule has 0 radical (unpaired) electrons. The number of carbonyl (C=O) groups is 1. The van der Waals surface area contributed by atoms with Gasteiger partial charge in [-0.3, -0.25) is 9.59 Å². The van der Waals surface area contributed by atoms with Crippen molar-refractivity contribution in [1.82, 2.24) is 5.43 Å². The number of phenolic OH excluding ortho intramolecular Hbond substituents is 1. The zero-order valence-electron chi connectivity index (χ0n) is 13.1. The average Bonchev–Trinajstić information content (AvgIpc) is 2.59. The molecule has 0 bridgehead atoms. The molecular formula is C18H13ClN2O4. The van der Waals surface area contributed by atoms with E-state index >= 15 is 0 Å². The first kappa shape index (κ1) is 16.7. The summed E-state index contributed by atoms with van der Waals surface area (Å²) in [5, 5.41) is 13.8. The van der Waals surface area contributed by atoms with Crippen LogP contribution in [-0.2, 0) is 0 Å². The summed E-state index contributed by atoms with van der Waals surface area (Å²) in [7, 11) is 0. The molecule has 1 heterocycles. The number of hydrogen-bond acceptors (Lipinski definition) is 5. The molecule has 0 fully saturated rings. The quantitative estimate of drug-likeness (QED) is 0.556. The lowest BCUT2D eigenvalue weighted by Gasteiger charge is -2.02. The van der Waals surface area contributed by atoms with Gasteiger partial charge in [0, 0.05) is 10.6 Å². The summed E-state index contributed by atoms with van der Waals surface area (Å²) in [6.45, 7) is 1.82. The first-order chi connectivity index (χ1) is 12.0. The monoisotopic (exact) mass is 356 g/mol. The van der Waals surface area contributed by atoms with E-state index in [0.29, 0.717) is 21.6 Å². The summed E-state index contributed by atoms with van der Waals surface area (Å²) in [5.41, 5.74) is 3.74. The molecule has 126 valence electrons. The molecule has 6 nitrogen and oxygen atoms in total. The molecule has 1 aromatic heterocycles. The number of nitrogens with zero attached hydrogens (tertiary/aromatic N) is 1. The third-order valence-electron chi connectivity index (χ3n) is 3.58. The third-order valence-corrected chi connectivity index (χ3v) is 3.99. The van der Waals surface area contributed by atoms with Gasteiger partial charge >= 0.3 is 0 Å². The minimum atomic E-state index is -0.472. The van der Waals surface area contributed by atoms with Crippen LogP contribution in [0.2, 0.25) is 5.02 Å². The number of aromatic hydroxyl groups is 1. The summed E-state index contributed by atoms with van der Waals surface area (Å²) >= 11 is 6.05. The van der Waals surface area contributed by atoms with Crippen molar-refractivity contribution in [1.29, 1.82) is 0 Å². The van der Waals surface area contributed by atoms with Crippen LogP contribution in [0, 0.1) is 6.92 Å². The van der Waals surface area contributed by atoms with E-state index in [-0.39, 0.29) is 16.7 Å². The van der Waals surface area contributed by atoms with Gasteiger partial charge in [-0.15, -0.1) is 0 Å². The number of fused-ring (bicyclic) bond motifs is 1. The number of aryl methyl sites for hydroxylation is 1. The Kier molecular flexibility index (Phi) is 4.54. The summed E-state index contributed by atoms with van der Waals surface area (Å²) in [5.74, 6) is -0.414. The number of phenols is 1. The lowest BCUT2D eigenvalue weighted by molar-refractivity contribution is 0.0955. The molecule has 3 rings (SSSR count). The number of nitrogens with one attached hydrogen (secondary N) is 1. The molecule has 7 heteroatoms. The highest BCUT2D eigenvalue weighted by Crippen LogP contribution is 2.21. The molecule has 0 atom stereocenters. The Labute approximate surface area is 147 Å². The van der Waals surface area contributed by atoms with Crippen LogP contribution in [0.5, 0.6) is 5.75 Å². The van der Waals surface area contributed by atoms with Gasteiger partial charge in [0.2, 0.25) is 5.43 Å². The fourth-order valence-corrected chi connectivity index (χ4v) is 2.36. The second-order valence-electron chi connectivity index (χ2n) is 5.36. The number of hydrazone groups is 1. The first-order valence-electron chi connectivity index (χ1n) is 7.30. The number of hydrogen-bond donors (Lipinski definition) is 2. The Morgan fingerprint density at radius 2 is 2.00 bits per heavy atom. The van der Waals surface area contributed by atoms with Gasteiger partial charge in [-0.2, -0.15) is 5.10 Å². The van der Waals surface area contributed by atoms with Crippen molar-refractivity contribution in [2.75, 3.05) is 0 Å². The highest BCUT2D eigenvalue weighted by molar-refractivity contribution is 6.32. The normalized spacial score (nSPS) is 11.1. The largest absolute Gasteiger partial charge is 0.508 e. The maximum absolute atomic E-state index is 12.4. The second kappa shape index (κ2) is 6.78. The van der Waals surface area contributed by atoms with Crippen molar-refractivity contribution < 1.29 is 14.3 Å². The van der Waals surface area contributed by atoms with E-state index in [1.807, 2.05) is 6.92 Å². The lowest BCUT2D eigenvalue weighted by Crippen LogP contribution is -2.18. The Morgan fingerprint density at radius 1 is 1.28 bits per heavy atom. The Hall–Kier alpha value is -3.12.